The van der Waals surface area contributed by atoms with Crippen LogP contribution in [-0.2, 0) is 4.79 Å². The van der Waals surface area contributed by atoms with Crippen LogP contribution in [0.4, 0.5) is 0 Å². The van der Waals surface area contributed by atoms with Crippen molar-refractivity contribution in [2.24, 2.45) is 0 Å². The third kappa shape index (κ3) is 5.34. The summed E-state index contributed by atoms with van der Waals surface area (Å²) in [7, 11) is 1.64. The third-order valence-electron chi connectivity index (χ3n) is 1.13. The van der Waals surface area contributed by atoms with Crippen LogP contribution < -0.4 is 5.32 Å². The summed E-state index contributed by atoms with van der Waals surface area (Å²) >= 11 is 0. The maximum absolute atomic E-state index is 10.5. The highest BCUT2D eigenvalue weighted by Crippen LogP contribution is 1.96. The van der Waals surface area contributed by atoms with Gasteiger partial charge in [-0.1, -0.05) is 19.8 Å². The molecule has 1 N–H and O–H groups in total. The fourth-order valence-corrected chi connectivity index (χ4v) is 0.539. The van der Waals surface area contributed by atoms with Crippen LogP contribution in [0.1, 0.15) is 26.2 Å². The summed E-state index contributed by atoms with van der Waals surface area (Å²) < 4.78 is 0. The van der Waals surface area contributed by atoms with E-state index in [2.05, 4.69) is 12.2 Å². The molecule has 9 heavy (non-hydrogen) atoms. The second kappa shape index (κ2) is 5.60. The predicted molar refractivity (Wildman–Crippen MR) is 37.9 cm³/mol. The van der Waals surface area contributed by atoms with Gasteiger partial charge in [-0.05, 0) is 6.42 Å². The molecule has 0 spiro atoms. The van der Waals surface area contributed by atoms with Gasteiger partial charge in [0.15, 0.2) is 0 Å². The smallest absolute Gasteiger partial charge is 0.223 e. The molecule has 1 amide bonds. The molecule has 0 rings (SSSR count). The standard InChI is InChI=1S/C7H14NO/c1-3-4-5-6-7(9)8-2/h6H,3-5H2,1-2H3,(H,8,9). The van der Waals surface area contributed by atoms with Gasteiger partial charge in [0.05, 0.1) is 0 Å². The van der Waals surface area contributed by atoms with Crippen molar-refractivity contribution in [2.45, 2.75) is 26.2 Å². The number of carbonyl (C=O) groups is 1. The van der Waals surface area contributed by atoms with Gasteiger partial charge in [-0.15, -0.1) is 0 Å². The van der Waals surface area contributed by atoms with Gasteiger partial charge in [0.2, 0.25) is 5.91 Å². The van der Waals surface area contributed by atoms with Crippen LogP contribution >= 0.6 is 0 Å². The second-order valence-corrected chi connectivity index (χ2v) is 1.96. The molecule has 53 valence electrons. The van der Waals surface area contributed by atoms with E-state index in [1.807, 2.05) is 0 Å². The molecule has 0 aromatic rings. The van der Waals surface area contributed by atoms with Gasteiger partial charge in [0, 0.05) is 13.5 Å². The number of carbonyl (C=O) groups excluding carboxylic acids is 1. The molecular formula is C7H14NO. The maximum Gasteiger partial charge on any atom is 0.223 e. The minimum atomic E-state index is 0.0310. The van der Waals surface area contributed by atoms with Crippen LogP contribution in [0.3, 0.4) is 0 Å². The predicted octanol–water partition coefficient (Wildman–Crippen LogP) is 1.13. The van der Waals surface area contributed by atoms with Crippen molar-refractivity contribution in [3.05, 3.63) is 6.42 Å². The number of hydrogen-bond donors (Lipinski definition) is 1. The van der Waals surface area contributed by atoms with Gasteiger partial charge in [-0.2, -0.15) is 0 Å². The van der Waals surface area contributed by atoms with Crippen LogP contribution in [0.2, 0.25) is 0 Å². The first-order valence-electron chi connectivity index (χ1n) is 3.36. The quantitative estimate of drug-likeness (QED) is 0.565. The SMILES string of the molecule is CCCC[CH]C(=O)NC. The molecule has 0 aliphatic carbocycles. The molecule has 1 radical (unpaired) electrons. The van der Waals surface area contributed by atoms with E-state index in [9.17, 15) is 4.79 Å². The second-order valence-electron chi connectivity index (χ2n) is 1.96. The first-order chi connectivity index (χ1) is 4.31. The van der Waals surface area contributed by atoms with Crippen molar-refractivity contribution >= 4 is 5.91 Å². The largest absolute Gasteiger partial charge is 0.359 e. The lowest BCUT2D eigenvalue weighted by Gasteiger charge is -1.95. The van der Waals surface area contributed by atoms with Crippen molar-refractivity contribution in [3.63, 3.8) is 0 Å². The lowest BCUT2D eigenvalue weighted by molar-refractivity contribution is -0.117. The van der Waals surface area contributed by atoms with E-state index >= 15 is 0 Å². The topological polar surface area (TPSA) is 29.1 Å². The van der Waals surface area contributed by atoms with Crippen LogP contribution in [0.15, 0.2) is 0 Å². The Hall–Kier alpha value is -0.530. The fraction of sp³-hybridized carbons (Fsp3) is 0.714. The van der Waals surface area contributed by atoms with Crippen molar-refractivity contribution < 1.29 is 4.79 Å². The van der Waals surface area contributed by atoms with Gasteiger partial charge in [0.25, 0.3) is 0 Å². The zero-order valence-corrected chi connectivity index (χ0v) is 6.11. The van der Waals surface area contributed by atoms with Crippen molar-refractivity contribution in [2.75, 3.05) is 7.05 Å². The highest BCUT2D eigenvalue weighted by molar-refractivity contribution is 5.84. The van der Waals surface area contributed by atoms with E-state index in [4.69, 9.17) is 0 Å². The zero-order valence-electron chi connectivity index (χ0n) is 6.11. The van der Waals surface area contributed by atoms with Gasteiger partial charge < -0.3 is 5.32 Å². The summed E-state index contributed by atoms with van der Waals surface area (Å²) in [6, 6.07) is 0. The van der Waals surface area contributed by atoms with Gasteiger partial charge in [-0.25, -0.2) is 0 Å². The Labute approximate surface area is 56.6 Å². The monoisotopic (exact) mass is 128 g/mol. The molecule has 0 saturated heterocycles. The van der Waals surface area contributed by atoms with E-state index in [-0.39, 0.29) is 5.91 Å². The Kier molecular flexibility index (Phi) is 5.27. The van der Waals surface area contributed by atoms with Crippen LogP contribution in [0, 0.1) is 6.42 Å². The highest BCUT2D eigenvalue weighted by atomic mass is 16.1. The molecular weight excluding hydrogens is 114 g/mol. The lowest BCUT2D eigenvalue weighted by atomic mass is 10.2. The summed E-state index contributed by atoms with van der Waals surface area (Å²) in [6.07, 6.45) is 4.83. The Morgan fingerprint density at radius 3 is 2.78 bits per heavy atom. The Morgan fingerprint density at radius 2 is 2.33 bits per heavy atom. The maximum atomic E-state index is 10.5. The van der Waals surface area contributed by atoms with E-state index < -0.39 is 0 Å². The number of hydrogen-bond acceptors (Lipinski definition) is 1. The van der Waals surface area contributed by atoms with E-state index in [1.54, 1.807) is 13.5 Å². The first-order valence-corrected chi connectivity index (χ1v) is 3.36. The molecule has 0 aliphatic rings. The Balaban J connectivity index is 2.97. The fourth-order valence-electron chi connectivity index (χ4n) is 0.539. The molecule has 0 atom stereocenters. The summed E-state index contributed by atoms with van der Waals surface area (Å²) in [5, 5.41) is 2.53. The van der Waals surface area contributed by atoms with Crippen molar-refractivity contribution in [3.8, 4) is 0 Å². The minimum Gasteiger partial charge on any atom is -0.359 e. The molecule has 0 fully saturated rings. The van der Waals surface area contributed by atoms with Crippen molar-refractivity contribution in [1.82, 2.24) is 5.32 Å². The molecule has 0 aromatic carbocycles. The third-order valence-corrected chi connectivity index (χ3v) is 1.13. The Bertz CT molecular complexity index is 81.0. The molecule has 0 aliphatic heterocycles. The lowest BCUT2D eigenvalue weighted by Crippen LogP contribution is -2.17. The van der Waals surface area contributed by atoms with Crippen molar-refractivity contribution in [1.29, 1.82) is 0 Å². The summed E-state index contributed by atoms with van der Waals surface area (Å²) in [5.74, 6) is 0.0310. The minimum absolute atomic E-state index is 0.0310. The number of rotatable bonds is 4. The normalized spacial score (nSPS) is 9.11. The highest BCUT2D eigenvalue weighted by Gasteiger charge is 1.94. The van der Waals surface area contributed by atoms with Gasteiger partial charge in [-0.3, -0.25) is 4.79 Å². The average molecular weight is 128 g/mol. The summed E-state index contributed by atoms with van der Waals surface area (Å²) in [5.41, 5.74) is 0. The summed E-state index contributed by atoms with van der Waals surface area (Å²) in [6.45, 7) is 2.11. The van der Waals surface area contributed by atoms with Crippen LogP contribution in [-0.4, -0.2) is 13.0 Å². The Morgan fingerprint density at radius 1 is 1.67 bits per heavy atom. The van der Waals surface area contributed by atoms with E-state index in [1.165, 1.54) is 0 Å². The number of unbranched alkanes of at least 4 members (excludes halogenated alkanes) is 2. The molecule has 0 bridgehead atoms. The molecule has 0 heterocycles. The van der Waals surface area contributed by atoms with Crippen LogP contribution in [0.25, 0.3) is 0 Å². The average Bonchev–Trinajstić information content (AvgIpc) is 1.89. The molecule has 0 aromatic heterocycles. The summed E-state index contributed by atoms with van der Waals surface area (Å²) in [4.78, 5) is 10.5. The molecule has 2 nitrogen and oxygen atoms in total. The van der Waals surface area contributed by atoms with Gasteiger partial charge in [0.1, 0.15) is 0 Å². The zero-order chi connectivity index (χ0) is 7.11. The number of nitrogens with one attached hydrogen (secondary N) is 1. The number of amides is 1. The molecule has 0 saturated carbocycles. The molecule has 2 heteroatoms. The van der Waals surface area contributed by atoms with E-state index in [0.29, 0.717) is 0 Å². The molecule has 0 unspecified atom stereocenters. The first kappa shape index (κ1) is 8.47. The van der Waals surface area contributed by atoms with Crippen LogP contribution in [0.5, 0.6) is 0 Å². The van der Waals surface area contributed by atoms with Gasteiger partial charge >= 0.3 is 0 Å². The van der Waals surface area contributed by atoms with E-state index in [0.717, 1.165) is 19.3 Å².